The van der Waals surface area contributed by atoms with Crippen molar-refractivity contribution < 1.29 is 5.11 Å². The lowest BCUT2D eigenvalue weighted by Gasteiger charge is -2.20. The van der Waals surface area contributed by atoms with Gasteiger partial charge in [0, 0.05) is 30.2 Å². The Morgan fingerprint density at radius 3 is 2.65 bits per heavy atom. The van der Waals surface area contributed by atoms with Gasteiger partial charge in [-0.15, -0.1) is 0 Å². The molecular weight excluding hydrogens is 284 g/mol. The van der Waals surface area contributed by atoms with Gasteiger partial charge in [0.05, 0.1) is 6.10 Å². The van der Waals surface area contributed by atoms with Crippen LogP contribution in [-0.2, 0) is 6.54 Å². The second-order valence-electron chi connectivity index (χ2n) is 6.18. The van der Waals surface area contributed by atoms with E-state index in [0.717, 1.165) is 19.5 Å². The second kappa shape index (κ2) is 7.44. The number of fused-ring (bicyclic) bond motifs is 1. The molecule has 0 radical (unpaired) electrons. The summed E-state index contributed by atoms with van der Waals surface area (Å²) in [5, 5.41) is 14.6. The van der Waals surface area contributed by atoms with E-state index in [4.69, 9.17) is 0 Å². The molecule has 120 valence electrons. The van der Waals surface area contributed by atoms with Crippen LogP contribution in [0.25, 0.3) is 10.9 Å². The number of hydrogen-bond donors (Lipinski definition) is 3. The highest BCUT2D eigenvalue weighted by molar-refractivity contribution is 5.82. The average molecular weight is 308 g/mol. The molecule has 23 heavy (non-hydrogen) atoms. The molecule has 2 atom stereocenters. The van der Waals surface area contributed by atoms with Crippen LogP contribution in [-0.4, -0.2) is 22.7 Å². The summed E-state index contributed by atoms with van der Waals surface area (Å²) < 4.78 is 0. The molecule has 0 amide bonds. The maximum atomic E-state index is 9.78. The van der Waals surface area contributed by atoms with Gasteiger partial charge in [-0.25, -0.2) is 0 Å². The first kappa shape index (κ1) is 15.8. The molecule has 0 spiro atoms. The Labute approximate surface area is 137 Å². The van der Waals surface area contributed by atoms with E-state index in [2.05, 4.69) is 58.8 Å². The molecular formula is C20H24N2O. The summed E-state index contributed by atoms with van der Waals surface area (Å²) >= 11 is 0. The summed E-state index contributed by atoms with van der Waals surface area (Å²) in [6.07, 6.45) is 2.45. The number of nitrogens with one attached hydrogen (secondary N) is 2. The minimum absolute atomic E-state index is 0.296. The van der Waals surface area contributed by atoms with Crippen molar-refractivity contribution in [3.05, 3.63) is 71.9 Å². The van der Waals surface area contributed by atoms with E-state index in [1.165, 1.54) is 22.0 Å². The van der Waals surface area contributed by atoms with Crippen molar-refractivity contribution in [1.82, 2.24) is 10.3 Å². The maximum absolute atomic E-state index is 9.78. The number of benzene rings is 2. The molecule has 2 aromatic carbocycles. The number of H-pyrrole nitrogens is 1. The van der Waals surface area contributed by atoms with Crippen molar-refractivity contribution in [2.45, 2.75) is 31.9 Å². The highest BCUT2D eigenvalue weighted by atomic mass is 16.3. The zero-order valence-corrected chi connectivity index (χ0v) is 13.5. The Morgan fingerprint density at radius 1 is 1.04 bits per heavy atom. The van der Waals surface area contributed by atoms with Gasteiger partial charge in [-0.2, -0.15) is 0 Å². The molecule has 0 aliphatic rings. The molecule has 0 saturated heterocycles. The fraction of sp³-hybridized carbons (Fsp3) is 0.300. The molecule has 2 unspecified atom stereocenters. The normalized spacial score (nSPS) is 14.0. The Bertz CT molecular complexity index is 733. The Hall–Kier alpha value is -2.10. The summed E-state index contributed by atoms with van der Waals surface area (Å²) in [6.45, 7) is 3.55. The third-order valence-electron chi connectivity index (χ3n) is 4.29. The van der Waals surface area contributed by atoms with Crippen molar-refractivity contribution >= 4 is 10.9 Å². The lowest BCUT2D eigenvalue weighted by atomic mass is 9.93. The van der Waals surface area contributed by atoms with Gasteiger partial charge in [-0.1, -0.05) is 42.5 Å². The van der Waals surface area contributed by atoms with E-state index in [1.807, 2.05) is 19.2 Å². The lowest BCUT2D eigenvalue weighted by Crippen LogP contribution is -2.23. The first-order chi connectivity index (χ1) is 11.2. The third-order valence-corrected chi connectivity index (χ3v) is 4.29. The van der Waals surface area contributed by atoms with E-state index >= 15 is 0 Å². The van der Waals surface area contributed by atoms with Gasteiger partial charge < -0.3 is 15.4 Å². The molecule has 0 saturated carbocycles. The third kappa shape index (κ3) is 4.01. The summed E-state index contributed by atoms with van der Waals surface area (Å²) in [4.78, 5) is 3.25. The van der Waals surface area contributed by atoms with Gasteiger partial charge in [-0.3, -0.25) is 0 Å². The Balaban J connectivity index is 1.66. The van der Waals surface area contributed by atoms with E-state index in [9.17, 15) is 5.11 Å². The summed E-state index contributed by atoms with van der Waals surface area (Å²) in [5.41, 5.74) is 3.75. The minimum atomic E-state index is -0.296. The van der Waals surface area contributed by atoms with Crippen LogP contribution >= 0.6 is 0 Å². The average Bonchev–Trinajstić information content (AvgIpc) is 3.04. The second-order valence-corrected chi connectivity index (χ2v) is 6.18. The van der Waals surface area contributed by atoms with Crippen LogP contribution in [0.15, 0.2) is 60.8 Å². The first-order valence-electron chi connectivity index (χ1n) is 8.23. The minimum Gasteiger partial charge on any atom is -0.393 e. The molecule has 0 aliphatic carbocycles. The summed E-state index contributed by atoms with van der Waals surface area (Å²) in [7, 11) is 0. The SMILES string of the molecule is CC(O)CC(CNCc1cccc2[nH]ccc12)c1ccccc1. The van der Waals surface area contributed by atoms with Crippen molar-refractivity contribution in [3.63, 3.8) is 0 Å². The number of aromatic amines is 1. The van der Waals surface area contributed by atoms with Crippen molar-refractivity contribution in [1.29, 1.82) is 0 Å². The van der Waals surface area contributed by atoms with Crippen LogP contribution in [0.2, 0.25) is 0 Å². The fourth-order valence-electron chi connectivity index (χ4n) is 3.16. The smallest absolute Gasteiger partial charge is 0.0518 e. The van der Waals surface area contributed by atoms with Gasteiger partial charge in [0.15, 0.2) is 0 Å². The molecule has 3 nitrogen and oxygen atoms in total. The van der Waals surface area contributed by atoms with Gasteiger partial charge >= 0.3 is 0 Å². The zero-order chi connectivity index (χ0) is 16.1. The van der Waals surface area contributed by atoms with Crippen LogP contribution < -0.4 is 5.32 Å². The zero-order valence-electron chi connectivity index (χ0n) is 13.5. The fourth-order valence-corrected chi connectivity index (χ4v) is 3.16. The largest absolute Gasteiger partial charge is 0.393 e. The molecule has 0 fully saturated rings. The number of aliphatic hydroxyl groups is 1. The Kier molecular flexibility index (Phi) is 5.11. The van der Waals surface area contributed by atoms with Crippen molar-refractivity contribution in [2.75, 3.05) is 6.54 Å². The van der Waals surface area contributed by atoms with E-state index in [-0.39, 0.29) is 6.10 Å². The van der Waals surface area contributed by atoms with E-state index < -0.39 is 0 Å². The van der Waals surface area contributed by atoms with E-state index in [0.29, 0.717) is 5.92 Å². The molecule has 3 rings (SSSR count). The molecule has 1 heterocycles. The lowest BCUT2D eigenvalue weighted by molar-refractivity contribution is 0.173. The Morgan fingerprint density at radius 2 is 1.87 bits per heavy atom. The molecule has 3 N–H and O–H groups in total. The predicted octanol–water partition coefficient (Wildman–Crippen LogP) is 3.81. The maximum Gasteiger partial charge on any atom is 0.0518 e. The topological polar surface area (TPSA) is 48.0 Å². The van der Waals surface area contributed by atoms with Crippen molar-refractivity contribution in [2.24, 2.45) is 0 Å². The summed E-state index contributed by atoms with van der Waals surface area (Å²) in [5.74, 6) is 0.321. The number of aromatic nitrogens is 1. The van der Waals surface area contributed by atoms with Crippen LogP contribution in [0.5, 0.6) is 0 Å². The van der Waals surface area contributed by atoms with Crippen LogP contribution in [0, 0.1) is 0 Å². The monoisotopic (exact) mass is 308 g/mol. The number of aliphatic hydroxyl groups excluding tert-OH is 1. The first-order valence-corrected chi connectivity index (χ1v) is 8.23. The molecule has 3 heteroatoms. The highest BCUT2D eigenvalue weighted by Gasteiger charge is 2.14. The molecule has 0 bridgehead atoms. The number of rotatable bonds is 7. The van der Waals surface area contributed by atoms with Crippen LogP contribution in [0.3, 0.4) is 0 Å². The van der Waals surface area contributed by atoms with Crippen molar-refractivity contribution in [3.8, 4) is 0 Å². The molecule has 1 aromatic heterocycles. The van der Waals surface area contributed by atoms with Crippen LogP contribution in [0.1, 0.15) is 30.4 Å². The number of hydrogen-bond acceptors (Lipinski definition) is 2. The predicted molar refractivity (Wildman–Crippen MR) is 95.5 cm³/mol. The van der Waals surface area contributed by atoms with Gasteiger partial charge in [0.2, 0.25) is 0 Å². The highest BCUT2D eigenvalue weighted by Crippen LogP contribution is 2.21. The van der Waals surface area contributed by atoms with Gasteiger partial charge in [0.1, 0.15) is 0 Å². The quantitative estimate of drug-likeness (QED) is 0.621. The van der Waals surface area contributed by atoms with Gasteiger partial charge in [0.25, 0.3) is 0 Å². The molecule has 0 aliphatic heterocycles. The van der Waals surface area contributed by atoms with Gasteiger partial charge in [-0.05, 0) is 42.5 Å². The summed E-state index contributed by atoms with van der Waals surface area (Å²) in [6, 6.07) is 18.9. The standard InChI is InChI=1S/C20H24N2O/c1-15(23)12-18(16-6-3-2-4-7-16)14-21-13-17-8-5-9-20-19(17)10-11-22-20/h2-11,15,18,21-23H,12-14H2,1H3. The molecule has 3 aromatic rings. The van der Waals surface area contributed by atoms with Crippen LogP contribution in [0.4, 0.5) is 0 Å². The van der Waals surface area contributed by atoms with E-state index in [1.54, 1.807) is 0 Å².